The number of aromatic nitrogens is 3. The van der Waals surface area contributed by atoms with Crippen molar-refractivity contribution < 1.29 is 27.5 Å². The first-order valence-electron chi connectivity index (χ1n) is 11.4. The molecule has 2 amide bonds. The number of carbonyl (C=O) groups excluding carboxylic acids is 2. The van der Waals surface area contributed by atoms with Crippen molar-refractivity contribution in [3.63, 3.8) is 0 Å². The van der Waals surface area contributed by atoms with Crippen molar-refractivity contribution in [2.24, 2.45) is 11.1 Å². The number of fused-ring (bicyclic) bond motifs is 1. The van der Waals surface area contributed by atoms with Gasteiger partial charge in [-0.05, 0) is 61.3 Å². The second kappa shape index (κ2) is 8.54. The van der Waals surface area contributed by atoms with Crippen LogP contribution in [0.2, 0.25) is 0 Å². The Morgan fingerprint density at radius 1 is 1.17 bits per heavy atom. The molecule has 2 aliphatic carbocycles. The number of alkyl halides is 3. The molecule has 5 rings (SSSR count). The highest BCUT2D eigenvalue weighted by Crippen LogP contribution is 2.56. The number of aryl methyl sites for hydroxylation is 1. The van der Waals surface area contributed by atoms with Crippen LogP contribution in [-0.4, -0.2) is 44.7 Å². The fourth-order valence-electron chi connectivity index (χ4n) is 5.14. The topological polar surface area (TPSA) is 112 Å². The molecule has 0 radical (unpaired) electrons. The molecule has 2 saturated carbocycles. The fraction of sp³-hybridized carbons (Fsp3) is 0.417. The first-order valence-corrected chi connectivity index (χ1v) is 11.4. The molecule has 0 aromatic carbocycles. The van der Waals surface area contributed by atoms with E-state index in [0.717, 1.165) is 25.7 Å². The molecule has 0 bridgehead atoms. The lowest BCUT2D eigenvalue weighted by Gasteiger charge is -2.57. The zero-order chi connectivity index (χ0) is 24.8. The number of nitrogens with two attached hydrogens (primary N) is 1. The Hall–Kier alpha value is -3.63. The van der Waals surface area contributed by atoms with E-state index in [1.807, 2.05) is 0 Å². The van der Waals surface area contributed by atoms with E-state index in [4.69, 9.17) is 10.5 Å². The smallest absolute Gasteiger partial charge is 0.389 e. The number of halogens is 3. The molecule has 184 valence electrons. The van der Waals surface area contributed by atoms with Gasteiger partial charge in [-0.25, -0.2) is 9.50 Å². The summed E-state index contributed by atoms with van der Waals surface area (Å²) in [6.45, 7) is 0. The third-order valence-corrected chi connectivity index (χ3v) is 6.85. The molecule has 8 nitrogen and oxygen atoms in total. The van der Waals surface area contributed by atoms with Gasteiger partial charge in [0.15, 0.2) is 0 Å². The van der Waals surface area contributed by atoms with Crippen molar-refractivity contribution >= 4 is 17.3 Å². The van der Waals surface area contributed by atoms with Crippen molar-refractivity contribution in [2.75, 3.05) is 0 Å². The van der Waals surface area contributed by atoms with Gasteiger partial charge >= 0.3 is 6.18 Å². The molecule has 3 N–H and O–H groups in total. The maximum atomic E-state index is 12.8. The van der Waals surface area contributed by atoms with Gasteiger partial charge in [-0.15, -0.1) is 0 Å². The number of primary amides is 1. The van der Waals surface area contributed by atoms with Crippen LogP contribution in [0.1, 0.15) is 58.4 Å². The average molecular weight is 487 g/mol. The van der Waals surface area contributed by atoms with Crippen LogP contribution in [0, 0.1) is 5.41 Å². The molecule has 0 saturated heterocycles. The summed E-state index contributed by atoms with van der Waals surface area (Å²) in [7, 11) is 0. The minimum absolute atomic E-state index is 0.0282. The predicted octanol–water partition coefficient (Wildman–Crippen LogP) is 3.44. The molecule has 35 heavy (non-hydrogen) atoms. The Morgan fingerprint density at radius 3 is 2.66 bits per heavy atom. The van der Waals surface area contributed by atoms with Crippen LogP contribution < -0.4 is 15.8 Å². The molecule has 0 aliphatic heterocycles. The molecule has 3 aromatic rings. The molecule has 2 fully saturated rings. The number of nitrogens with zero attached hydrogens (tertiary/aromatic N) is 3. The number of ether oxygens (including phenoxy) is 1. The number of rotatable bonds is 7. The largest absolute Gasteiger partial charge is 0.474 e. The van der Waals surface area contributed by atoms with Gasteiger partial charge in [-0.3, -0.25) is 9.59 Å². The van der Waals surface area contributed by atoms with Gasteiger partial charge in [0.25, 0.3) is 11.8 Å². The highest BCUT2D eigenvalue weighted by atomic mass is 19.4. The van der Waals surface area contributed by atoms with Gasteiger partial charge in [-0.2, -0.15) is 18.3 Å². The Bertz CT molecular complexity index is 1270. The van der Waals surface area contributed by atoms with E-state index in [1.165, 1.54) is 16.9 Å². The molecule has 11 heteroatoms. The molecular weight excluding hydrogens is 463 g/mol. The summed E-state index contributed by atoms with van der Waals surface area (Å²) in [4.78, 5) is 28.4. The number of nitrogens with one attached hydrogen (secondary N) is 1. The molecule has 3 aromatic heterocycles. The first kappa shape index (κ1) is 23.1. The average Bonchev–Trinajstić information content (AvgIpc) is 3.17. The summed E-state index contributed by atoms with van der Waals surface area (Å²) >= 11 is 0. The van der Waals surface area contributed by atoms with Crippen molar-refractivity contribution in [2.45, 2.75) is 56.8 Å². The first-order chi connectivity index (χ1) is 16.6. The Kier molecular flexibility index (Phi) is 5.65. The Morgan fingerprint density at radius 2 is 1.94 bits per heavy atom. The van der Waals surface area contributed by atoms with E-state index < -0.39 is 18.5 Å². The lowest BCUT2D eigenvalue weighted by Crippen LogP contribution is -2.58. The second-order valence-corrected chi connectivity index (χ2v) is 9.49. The lowest BCUT2D eigenvalue weighted by atomic mass is 9.53. The maximum absolute atomic E-state index is 12.8. The van der Waals surface area contributed by atoms with Gasteiger partial charge in [0.05, 0.1) is 17.3 Å². The zero-order valence-electron chi connectivity index (χ0n) is 18.7. The molecule has 3 heterocycles. The summed E-state index contributed by atoms with van der Waals surface area (Å²) in [5.41, 5.74) is 7.17. The molecule has 0 unspecified atom stereocenters. The minimum Gasteiger partial charge on any atom is -0.474 e. The van der Waals surface area contributed by atoms with E-state index in [0.29, 0.717) is 16.6 Å². The summed E-state index contributed by atoms with van der Waals surface area (Å²) < 4.78 is 44.7. The molecule has 2 aliphatic rings. The van der Waals surface area contributed by atoms with Gasteiger partial charge in [0.1, 0.15) is 11.7 Å². The van der Waals surface area contributed by atoms with Crippen LogP contribution in [0.4, 0.5) is 13.2 Å². The van der Waals surface area contributed by atoms with E-state index in [1.54, 1.807) is 30.5 Å². The summed E-state index contributed by atoms with van der Waals surface area (Å²) in [5.74, 6) is -0.591. The van der Waals surface area contributed by atoms with Crippen molar-refractivity contribution in [1.82, 2.24) is 19.9 Å². The van der Waals surface area contributed by atoms with E-state index in [9.17, 15) is 22.8 Å². The van der Waals surface area contributed by atoms with E-state index in [-0.39, 0.29) is 41.3 Å². The summed E-state index contributed by atoms with van der Waals surface area (Å²) in [6.07, 6.45) is 2.46. The van der Waals surface area contributed by atoms with Crippen LogP contribution in [0.3, 0.4) is 0 Å². The number of amides is 2. The maximum Gasteiger partial charge on any atom is 0.389 e. The van der Waals surface area contributed by atoms with Crippen molar-refractivity contribution in [3.8, 4) is 5.88 Å². The summed E-state index contributed by atoms with van der Waals surface area (Å²) in [5, 5.41) is 7.17. The highest BCUT2D eigenvalue weighted by Gasteiger charge is 2.54. The SMILES string of the molecule is NC(=O)c1cccnc1OC1CC2(CC(NC(=O)c3cnn4cc(CCC(F)(F)F)ccc34)C2)C1. The molecule has 1 spiro atoms. The highest BCUT2D eigenvalue weighted by molar-refractivity contribution is 6.00. The normalized spacial score (nSPS) is 23.5. The lowest BCUT2D eigenvalue weighted by molar-refractivity contribution is -0.134. The van der Waals surface area contributed by atoms with Crippen LogP contribution in [0.5, 0.6) is 5.88 Å². The van der Waals surface area contributed by atoms with E-state index >= 15 is 0 Å². The third-order valence-electron chi connectivity index (χ3n) is 6.85. The molecule has 0 atom stereocenters. The van der Waals surface area contributed by atoms with Gasteiger partial charge < -0.3 is 15.8 Å². The number of carbonyl (C=O) groups is 2. The second-order valence-electron chi connectivity index (χ2n) is 9.49. The quantitative estimate of drug-likeness (QED) is 0.530. The van der Waals surface area contributed by atoms with Gasteiger partial charge in [-0.1, -0.05) is 6.07 Å². The molecular formula is C24H24F3N5O3. The Balaban J connectivity index is 1.13. The number of hydrogen-bond donors (Lipinski definition) is 2. The van der Waals surface area contributed by atoms with Crippen LogP contribution in [0.25, 0.3) is 5.52 Å². The van der Waals surface area contributed by atoms with Gasteiger partial charge in [0.2, 0.25) is 5.88 Å². The van der Waals surface area contributed by atoms with Crippen LogP contribution in [-0.2, 0) is 6.42 Å². The van der Waals surface area contributed by atoms with E-state index in [2.05, 4.69) is 15.4 Å². The zero-order valence-corrected chi connectivity index (χ0v) is 18.7. The number of pyridine rings is 2. The predicted molar refractivity (Wildman–Crippen MR) is 119 cm³/mol. The fourth-order valence-corrected chi connectivity index (χ4v) is 5.14. The summed E-state index contributed by atoms with van der Waals surface area (Å²) in [6, 6.07) is 6.46. The van der Waals surface area contributed by atoms with Crippen molar-refractivity contribution in [1.29, 1.82) is 0 Å². The third kappa shape index (κ3) is 4.80. The Labute approximate surface area is 198 Å². The minimum atomic E-state index is -4.22. The van der Waals surface area contributed by atoms with Crippen molar-refractivity contribution in [3.05, 3.63) is 59.5 Å². The standard InChI is InChI=1S/C24H24F3N5O3/c25-24(26,27)6-5-14-3-4-19-18(12-30-32(19)13-14)21(34)31-15-8-23(9-15)10-16(11-23)35-22-17(20(28)33)2-1-7-29-22/h1-4,7,12-13,15-16H,5-6,8-11H2,(H2,28,33)(H,31,34). The monoisotopic (exact) mass is 487 g/mol. The van der Waals surface area contributed by atoms with Crippen LogP contribution in [0.15, 0.2) is 42.9 Å². The number of hydrogen-bond acceptors (Lipinski definition) is 5. The van der Waals surface area contributed by atoms with Crippen LogP contribution >= 0.6 is 0 Å². The van der Waals surface area contributed by atoms with Gasteiger partial charge in [0, 0.05) is 24.9 Å².